The Morgan fingerprint density at radius 1 is 0.974 bits per heavy atom. The van der Waals surface area contributed by atoms with E-state index in [0.29, 0.717) is 18.6 Å². The monoisotopic (exact) mass is 511 g/mol. The van der Waals surface area contributed by atoms with Crippen molar-refractivity contribution in [2.45, 2.75) is 51.7 Å². The van der Waals surface area contributed by atoms with Gasteiger partial charge in [-0.1, -0.05) is 31.2 Å². The minimum atomic E-state index is -0.332. The van der Waals surface area contributed by atoms with Crippen molar-refractivity contribution in [1.82, 2.24) is 4.90 Å². The lowest BCUT2D eigenvalue weighted by molar-refractivity contribution is 0.169. The first-order chi connectivity index (χ1) is 18.4. The highest BCUT2D eigenvalue weighted by Crippen LogP contribution is 2.52. The highest BCUT2D eigenvalue weighted by Gasteiger charge is 2.34. The zero-order valence-corrected chi connectivity index (χ0v) is 22.3. The molecule has 2 fully saturated rings. The Kier molecular flexibility index (Phi) is 6.79. The molecule has 5 heteroatoms. The van der Waals surface area contributed by atoms with Crippen LogP contribution in [0, 0.1) is 11.8 Å². The smallest absolute Gasteiger partial charge is 0.150 e. The molecule has 2 N–H and O–H groups in total. The second-order valence-electron chi connectivity index (χ2n) is 11.4. The molecule has 5 nitrogen and oxygen atoms in total. The van der Waals surface area contributed by atoms with Gasteiger partial charge in [0.2, 0.25) is 0 Å². The average Bonchev–Trinajstić information content (AvgIpc) is 3.63. The fourth-order valence-corrected chi connectivity index (χ4v) is 5.84. The second kappa shape index (κ2) is 10.4. The summed E-state index contributed by atoms with van der Waals surface area (Å²) >= 11 is 0. The van der Waals surface area contributed by atoms with Crippen molar-refractivity contribution in [2.24, 2.45) is 11.8 Å². The first kappa shape index (κ1) is 24.9. The molecule has 1 aliphatic carbocycles. The molecule has 0 amide bonds. The lowest BCUT2D eigenvalue weighted by Gasteiger charge is -2.32. The number of allylic oxidation sites excluding steroid dienone is 1. The van der Waals surface area contributed by atoms with Gasteiger partial charge in [0.05, 0.1) is 0 Å². The van der Waals surface area contributed by atoms with Crippen molar-refractivity contribution in [3.63, 3.8) is 0 Å². The molecule has 3 atom stereocenters. The van der Waals surface area contributed by atoms with Crippen molar-refractivity contribution in [3.8, 4) is 23.0 Å². The van der Waals surface area contributed by atoms with E-state index in [1.807, 2.05) is 42.5 Å². The molecule has 0 aromatic heterocycles. The maximum absolute atomic E-state index is 10.3. The minimum absolute atomic E-state index is 0.228. The molecule has 2 aliphatic heterocycles. The van der Waals surface area contributed by atoms with E-state index >= 15 is 0 Å². The molecule has 0 bridgehead atoms. The average molecular weight is 512 g/mol. The Morgan fingerprint density at radius 3 is 2.47 bits per heavy atom. The molecule has 198 valence electrons. The summed E-state index contributed by atoms with van der Waals surface area (Å²) < 4.78 is 12.8. The van der Waals surface area contributed by atoms with Gasteiger partial charge >= 0.3 is 0 Å². The van der Waals surface area contributed by atoms with Gasteiger partial charge in [-0.3, -0.25) is 4.90 Å². The van der Waals surface area contributed by atoms with Crippen LogP contribution in [0.2, 0.25) is 0 Å². The van der Waals surface area contributed by atoms with E-state index in [9.17, 15) is 10.2 Å². The predicted molar refractivity (Wildman–Crippen MR) is 150 cm³/mol. The fourth-order valence-electron chi connectivity index (χ4n) is 5.84. The third-order valence-electron chi connectivity index (χ3n) is 8.22. The summed E-state index contributed by atoms with van der Waals surface area (Å²) in [5.74, 6) is 3.50. The number of aromatic hydroxyl groups is 2. The number of phenolic OH excluding ortho intramolecular Hbond substituents is 2. The third-order valence-corrected chi connectivity index (χ3v) is 8.22. The Labute approximate surface area is 225 Å². The highest BCUT2D eigenvalue weighted by molar-refractivity contribution is 5.97. The van der Waals surface area contributed by atoms with Crippen LogP contribution in [-0.4, -0.2) is 40.9 Å². The molecule has 1 saturated heterocycles. The molecular weight excluding hydrogens is 474 g/mol. The zero-order valence-electron chi connectivity index (χ0n) is 22.3. The van der Waals surface area contributed by atoms with Crippen LogP contribution in [-0.2, 0) is 0 Å². The summed E-state index contributed by atoms with van der Waals surface area (Å²) in [6, 6.07) is 21.4. The van der Waals surface area contributed by atoms with E-state index in [1.165, 1.54) is 24.8 Å². The number of hydrogen-bond donors (Lipinski definition) is 2. The lowest BCUT2D eigenvalue weighted by atomic mass is 9.83. The van der Waals surface area contributed by atoms with Crippen LogP contribution in [0.1, 0.15) is 62.3 Å². The number of phenols is 2. The van der Waals surface area contributed by atoms with Gasteiger partial charge in [0, 0.05) is 23.7 Å². The number of hydrogen-bond acceptors (Lipinski definition) is 5. The maximum atomic E-state index is 10.3. The number of rotatable bonds is 8. The Balaban J connectivity index is 1.31. The summed E-state index contributed by atoms with van der Waals surface area (Å²) in [7, 11) is 0. The molecular formula is C33H37NO4. The second-order valence-corrected chi connectivity index (χ2v) is 11.4. The molecule has 3 aromatic carbocycles. The molecule has 3 unspecified atom stereocenters. The van der Waals surface area contributed by atoms with E-state index in [4.69, 9.17) is 9.47 Å². The van der Waals surface area contributed by atoms with Crippen molar-refractivity contribution in [3.05, 3.63) is 83.4 Å². The number of nitrogens with zero attached hydrogens (tertiary/aromatic N) is 1. The van der Waals surface area contributed by atoms with Gasteiger partial charge in [-0.15, -0.1) is 0 Å². The molecule has 3 aromatic rings. The van der Waals surface area contributed by atoms with Crippen LogP contribution < -0.4 is 9.47 Å². The quantitative estimate of drug-likeness (QED) is 0.339. The minimum Gasteiger partial charge on any atom is -0.508 e. The van der Waals surface area contributed by atoms with E-state index in [2.05, 4.69) is 30.9 Å². The summed E-state index contributed by atoms with van der Waals surface area (Å²) in [6.45, 7) is 7.52. The molecule has 1 saturated carbocycles. The van der Waals surface area contributed by atoms with E-state index in [0.717, 1.165) is 59.2 Å². The summed E-state index contributed by atoms with van der Waals surface area (Å²) in [4.78, 5) is 2.51. The predicted octanol–water partition coefficient (Wildman–Crippen LogP) is 7.05. The summed E-state index contributed by atoms with van der Waals surface area (Å²) in [5.41, 5.74) is 5.15. The molecule has 6 rings (SSSR count). The lowest BCUT2D eigenvalue weighted by Crippen LogP contribution is -2.35. The molecule has 0 radical (unpaired) electrons. The number of ether oxygens (including phenoxy) is 2. The van der Waals surface area contributed by atoms with Gasteiger partial charge in [-0.25, -0.2) is 0 Å². The van der Waals surface area contributed by atoms with Crippen molar-refractivity contribution < 1.29 is 19.7 Å². The highest BCUT2D eigenvalue weighted by atomic mass is 16.5. The van der Waals surface area contributed by atoms with Gasteiger partial charge < -0.3 is 19.7 Å². The van der Waals surface area contributed by atoms with Crippen LogP contribution in [0.15, 0.2) is 66.7 Å². The zero-order chi connectivity index (χ0) is 26.2. The van der Waals surface area contributed by atoms with E-state index < -0.39 is 0 Å². The van der Waals surface area contributed by atoms with E-state index in [-0.39, 0.29) is 17.6 Å². The Bertz CT molecular complexity index is 1330. The largest absolute Gasteiger partial charge is 0.508 e. The van der Waals surface area contributed by atoms with Crippen molar-refractivity contribution in [2.75, 3.05) is 19.7 Å². The van der Waals surface area contributed by atoms with Gasteiger partial charge in [0.1, 0.15) is 35.7 Å². The summed E-state index contributed by atoms with van der Waals surface area (Å²) in [6.07, 6.45) is 4.30. The molecule has 38 heavy (non-hydrogen) atoms. The third kappa shape index (κ3) is 5.25. The fraction of sp³-hybridized carbons (Fsp3) is 0.394. The van der Waals surface area contributed by atoms with Gasteiger partial charge in [0.25, 0.3) is 0 Å². The Hall–Kier alpha value is -3.44. The van der Waals surface area contributed by atoms with Crippen LogP contribution >= 0.6 is 0 Å². The normalized spacial score (nSPS) is 22.2. The number of fused-ring (bicyclic) bond motifs is 1. The van der Waals surface area contributed by atoms with Crippen LogP contribution in [0.5, 0.6) is 23.0 Å². The molecule has 0 spiro atoms. The SMILES string of the molecule is CC1CCN(C(C)COc2ccc(C3Oc4ccc(O)cc4C(CC4CC4)=C3c3cccc(O)c3)cc2)C1. The topological polar surface area (TPSA) is 62.2 Å². The first-order valence-electron chi connectivity index (χ1n) is 13.9. The van der Waals surface area contributed by atoms with Gasteiger partial charge in [-0.05, 0) is 110 Å². The standard InChI is InChI=1S/C33H37NO4/c1-21-14-15-34(19-21)22(2)20-37-28-11-8-24(9-12-28)33-32(25-4-3-5-26(35)17-25)30(16-23-6-7-23)29-18-27(36)10-13-31(29)38-33/h3-5,8-13,17-18,21-23,33,35-36H,6-7,14-16,19-20H2,1-2H3. The Morgan fingerprint density at radius 2 is 1.76 bits per heavy atom. The van der Waals surface area contributed by atoms with Crippen LogP contribution in [0.4, 0.5) is 0 Å². The number of likely N-dealkylation sites (tertiary alicyclic amines) is 1. The first-order valence-corrected chi connectivity index (χ1v) is 13.9. The molecule has 3 aliphatic rings. The van der Waals surface area contributed by atoms with Gasteiger partial charge in [0.15, 0.2) is 0 Å². The maximum Gasteiger partial charge on any atom is 0.150 e. The van der Waals surface area contributed by atoms with Crippen molar-refractivity contribution in [1.29, 1.82) is 0 Å². The van der Waals surface area contributed by atoms with Crippen molar-refractivity contribution >= 4 is 11.1 Å². The van der Waals surface area contributed by atoms with Gasteiger partial charge in [-0.2, -0.15) is 0 Å². The van der Waals surface area contributed by atoms with Crippen LogP contribution in [0.3, 0.4) is 0 Å². The van der Waals surface area contributed by atoms with Crippen LogP contribution in [0.25, 0.3) is 11.1 Å². The number of benzene rings is 3. The van der Waals surface area contributed by atoms with E-state index in [1.54, 1.807) is 12.1 Å². The molecule has 2 heterocycles. The summed E-state index contributed by atoms with van der Waals surface area (Å²) in [5, 5.41) is 20.6.